The lowest BCUT2D eigenvalue weighted by atomic mass is 9.94. The molecule has 0 spiro atoms. The second kappa shape index (κ2) is 8.51. The first-order chi connectivity index (χ1) is 13.9. The molecule has 2 heterocycles. The van der Waals surface area contributed by atoms with Crippen molar-refractivity contribution >= 4 is 17.8 Å². The van der Waals surface area contributed by atoms with Gasteiger partial charge >= 0.3 is 11.9 Å². The number of amides is 1. The summed E-state index contributed by atoms with van der Waals surface area (Å²) in [6.45, 7) is 6.37. The van der Waals surface area contributed by atoms with Crippen molar-refractivity contribution in [2.45, 2.75) is 46.3 Å². The van der Waals surface area contributed by atoms with E-state index in [1.807, 2.05) is 49.6 Å². The molecule has 1 atom stereocenters. The third kappa shape index (κ3) is 4.04. The van der Waals surface area contributed by atoms with Crippen LogP contribution in [0.5, 0.6) is 0 Å². The number of carbonyl (C=O) groups excluding carboxylic acids is 3. The summed E-state index contributed by atoms with van der Waals surface area (Å²) >= 11 is 0. The minimum atomic E-state index is -0.730. The molecule has 1 amide bonds. The quantitative estimate of drug-likeness (QED) is 0.723. The highest BCUT2D eigenvalue weighted by Gasteiger charge is 2.35. The van der Waals surface area contributed by atoms with Crippen LogP contribution in [0.2, 0.25) is 0 Å². The molecule has 1 aromatic carbocycles. The monoisotopic (exact) mass is 398 g/mol. The van der Waals surface area contributed by atoms with Gasteiger partial charge in [-0.25, -0.2) is 9.59 Å². The Kier molecular flexibility index (Phi) is 6.06. The van der Waals surface area contributed by atoms with Gasteiger partial charge in [0.05, 0.1) is 12.7 Å². The van der Waals surface area contributed by atoms with Crippen LogP contribution in [0.3, 0.4) is 0 Å². The number of esters is 2. The SMILES string of the molecule is CCn1c(C)cc(C(=O)OCC(=O)N2Cc3ccccc3C[C@@H]2C(=O)OC)c1C. The molecule has 154 valence electrons. The Morgan fingerprint density at radius 1 is 1.14 bits per heavy atom. The van der Waals surface area contributed by atoms with Crippen molar-refractivity contribution in [1.29, 1.82) is 0 Å². The first-order valence-electron chi connectivity index (χ1n) is 9.65. The highest BCUT2D eigenvalue weighted by Crippen LogP contribution is 2.24. The number of hydrogen-bond donors (Lipinski definition) is 0. The van der Waals surface area contributed by atoms with Crippen molar-refractivity contribution in [3.63, 3.8) is 0 Å². The highest BCUT2D eigenvalue weighted by atomic mass is 16.5. The van der Waals surface area contributed by atoms with E-state index in [0.29, 0.717) is 12.0 Å². The van der Waals surface area contributed by atoms with Crippen LogP contribution in [-0.2, 0) is 38.6 Å². The zero-order valence-electron chi connectivity index (χ0n) is 17.2. The summed E-state index contributed by atoms with van der Waals surface area (Å²) in [5.74, 6) is -1.45. The Labute approximate surface area is 170 Å². The molecular formula is C22H26N2O5. The number of fused-ring (bicyclic) bond motifs is 1. The Hall–Kier alpha value is -3.09. The van der Waals surface area contributed by atoms with Gasteiger partial charge in [0.15, 0.2) is 6.61 Å². The standard InChI is InChI=1S/C22H26N2O5/c1-5-23-14(2)10-18(15(23)3)21(26)29-13-20(25)24-12-17-9-7-6-8-16(17)11-19(24)22(27)28-4/h6-10,19H,5,11-13H2,1-4H3/t19-/m1/s1. The maximum Gasteiger partial charge on any atom is 0.340 e. The number of carbonyl (C=O) groups is 3. The molecule has 0 fully saturated rings. The van der Waals surface area contributed by atoms with Gasteiger partial charge in [-0.2, -0.15) is 0 Å². The number of hydrogen-bond acceptors (Lipinski definition) is 5. The number of methoxy groups -OCH3 is 1. The zero-order chi connectivity index (χ0) is 21.1. The van der Waals surface area contributed by atoms with Crippen molar-refractivity contribution in [2.75, 3.05) is 13.7 Å². The molecular weight excluding hydrogens is 372 g/mol. The van der Waals surface area contributed by atoms with Crippen molar-refractivity contribution in [1.82, 2.24) is 9.47 Å². The predicted octanol–water partition coefficient (Wildman–Crippen LogP) is 2.41. The number of nitrogens with zero attached hydrogens (tertiary/aromatic N) is 2. The van der Waals surface area contributed by atoms with E-state index in [4.69, 9.17) is 9.47 Å². The molecule has 0 N–H and O–H groups in total. The fourth-order valence-corrected chi connectivity index (χ4v) is 3.91. The summed E-state index contributed by atoms with van der Waals surface area (Å²) < 4.78 is 12.2. The molecule has 0 aliphatic carbocycles. The van der Waals surface area contributed by atoms with Gasteiger partial charge in [0.2, 0.25) is 0 Å². The second-order valence-electron chi connectivity index (χ2n) is 7.14. The maximum absolute atomic E-state index is 12.8. The van der Waals surface area contributed by atoms with Crippen LogP contribution in [0.1, 0.15) is 39.8 Å². The van der Waals surface area contributed by atoms with E-state index < -0.39 is 30.5 Å². The van der Waals surface area contributed by atoms with E-state index in [-0.39, 0.29) is 6.54 Å². The zero-order valence-corrected chi connectivity index (χ0v) is 17.2. The van der Waals surface area contributed by atoms with Crippen LogP contribution >= 0.6 is 0 Å². The Morgan fingerprint density at radius 3 is 2.45 bits per heavy atom. The van der Waals surface area contributed by atoms with E-state index in [2.05, 4.69) is 0 Å². The summed E-state index contributed by atoms with van der Waals surface area (Å²) in [5, 5.41) is 0. The van der Waals surface area contributed by atoms with Crippen LogP contribution < -0.4 is 0 Å². The molecule has 7 nitrogen and oxygen atoms in total. The molecule has 3 rings (SSSR count). The molecule has 0 radical (unpaired) electrons. The summed E-state index contributed by atoms with van der Waals surface area (Å²) in [7, 11) is 1.30. The summed E-state index contributed by atoms with van der Waals surface area (Å²) in [6, 6.07) is 8.69. The smallest absolute Gasteiger partial charge is 0.340 e. The van der Waals surface area contributed by atoms with E-state index >= 15 is 0 Å². The van der Waals surface area contributed by atoms with Crippen molar-refractivity contribution in [3.8, 4) is 0 Å². The minimum Gasteiger partial charge on any atom is -0.467 e. The van der Waals surface area contributed by atoms with Crippen LogP contribution in [0, 0.1) is 13.8 Å². The van der Waals surface area contributed by atoms with Gasteiger partial charge in [-0.05, 0) is 38.0 Å². The van der Waals surface area contributed by atoms with Gasteiger partial charge < -0.3 is 18.9 Å². The van der Waals surface area contributed by atoms with Crippen LogP contribution in [0.4, 0.5) is 0 Å². The fourth-order valence-electron chi connectivity index (χ4n) is 3.91. The largest absolute Gasteiger partial charge is 0.467 e. The van der Waals surface area contributed by atoms with Gasteiger partial charge in [0.25, 0.3) is 5.91 Å². The molecule has 0 saturated carbocycles. The van der Waals surface area contributed by atoms with Crippen molar-refractivity contribution < 1.29 is 23.9 Å². The van der Waals surface area contributed by atoms with E-state index in [1.54, 1.807) is 6.07 Å². The number of aromatic nitrogens is 1. The minimum absolute atomic E-state index is 0.274. The second-order valence-corrected chi connectivity index (χ2v) is 7.14. The van der Waals surface area contributed by atoms with Crippen LogP contribution in [-0.4, -0.2) is 47.1 Å². The van der Waals surface area contributed by atoms with Gasteiger partial charge in [0, 0.05) is 30.9 Å². The van der Waals surface area contributed by atoms with Gasteiger partial charge in [-0.15, -0.1) is 0 Å². The lowest BCUT2D eigenvalue weighted by Gasteiger charge is -2.35. The molecule has 1 aliphatic rings. The molecule has 0 unspecified atom stereocenters. The van der Waals surface area contributed by atoms with E-state index in [9.17, 15) is 14.4 Å². The van der Waals surface area contributed by atoms with Gasteiger partial charge in [0.1, 0.15) is 6.04 Å². The van der Waals surface area contributed by atoms with Gasteiger partial charge in [-0.3, -0.25) is 4.79 Å². The number of aryl methyl sites for hydroxylation is 1. The van der Waals surface area contributed by atoms with Crippen LogP contribution in [0.15, 0.2) is 30.3 Å². The lowest BCUT2D eigenvalue weighted by molar-refractivity contribution is -0.155. The average Bonchev–Trinajstić information content (AvgIpc) is 3.03. The molecule has 0 saturated heterocycles. The number of benzene rings is 1. The highest BCUT2D eigenvalue weighted by molar-refractivity contribution is 5.93. The topological polar surface area (TPSA) is 77.8 Å². The molecule has 2 aromatic rings. The molecule has 1 aliphatic heterocycles. The Bertz CT molecular complexity index is 947. The summed E-state index contributed by atoms with van der Waals surface area (Å²) in [6.07, 6.45) is 0.375. The predicted molar refractivity (Wildman–Crippen MR) is 106 cm³/mol. The van der Waals surface area contributed by atoms with Crippen LogP contribution in [0.25, 0.3) is 0 Å². The van der Waals surface area contributed by atoms with Crippen molar-refractivity contribution in [3.05, 3.63) is 58.4 Å². The molecule has 29 heavy (non-hydrogen) atoms. The Morgan fingerprint density at radius 2 is 1.83 bits per heavy atom. The molecule has 0 bridgehead atoms. The van der Waals surface area contributed by atoms with Crippen molar-refractivity contribution in [2.24, 2.45) is 0 Å². The van der Waals surface area contributed by atoms with Gasteiger partial charge in [-0.1, -0.05) is 24.3 Å². The molecule has 7 heteroatoms. The third-order valence-corrected chi connectivity index (χ3v) is 5.48. The normalized spacial score (nSPS) is 15.6. The van der Waals surface area contributed by atoms with E-state index in [0.717, 1.165) is 29.1 Å². The maximum atomic E-state index is 12.8. The summed E-state index contributed by atoms with van der Waals surface area (Å²) in [5.41, 5.74) is 4.20. The Balaban J connectivity index is 1.73. The van der Waals surface area contributed by atoms with E-state index in [1.165, 1.54) is 12.0 Å². The third-order valence-electron chi connectivity index (χ3n) is 5.48. The average molecular weight is 398 g/mol. The first kappa shape index (κ1) is 20.6. The number of ether oxygens (including phenoxy) is 2. The first-order valence-corrected chi connectivity index (χ1v) is 9.65. The fraction of sp³-hybridized carbons (Fsp3) is 0.409. The number of rotatable bonds is 5. The molecule has 1 aromatic heterocycles. The lowest BCUT2D eigenvalue weighted by Crippen LogP contribution is -2.50. The summed E-state index contributed by atoms with van der Waals surface area (Å²) in [4.78, 5) is 39.0.